The van der Waals surface area contributed by atoms with Crippen molar-refractivity contribution in [2.45, 2.75) is 78.7 Å². The van der Waals surface area contributed by atoms with Crippen LogP contribution in [0.15, 0.2) is 30.0 Å². The molecule has 3 fully saturated rings. The van der Waals surface area contributed by atoms with E-state index in [1.54, 1.807) is 13.2 Å². The molecule has 0 spiro atoms. The van der Waals surface area contributed by atoms with Gasteiger partial charge in [-0.25, -0.2) is 4.79 Å². The summed E-state index contributed by atoms with van der Waals surface area (Å²) in [4.78, 5) is 43.6. The van der Waals surface area contributed by atoms with Gasteiger partial charge in [0.15, 0.2) is 0 Å². The standard InChI is InChI=1S/C29H42N2O7/c1-7-27(4)14-22(38-26(35)20-15-31(16-30-25(20)34)17-37-13-12-36-6)28(5)18(2)8-10-29(19(3)24(27)33)11-9-21(32)23(28)29/h7,15-16,18-19,22-24,33H,1,8-14,17H2,2-6H3/t18-,19+,22-,23?,24+,27-,28+,29?/m1/s1. The molecule has 3 saturated carbocycles. The van der Waals surface area contributed by atoms with Crippen LogP contribution < -0.4 is 5.56 Å². The number of hydrogen-bond donors (Lipinski definition) is 1. The second-order valence-corrected chi connectivity index (χ2v) is 12.1. The third-order valence-electron chi connectivity index (χ3n) is 10.3. The Morgan fingerprint density at radius 3 is 2.68 bits per heavy atom. The number of rotatable bonds is 8. The first-order valence-electron chi connectivity index (χ1n) is 13.6. The highest BCUT2D eigenvalue weighted by Gasteiger charge is 2.68. The van der Waals surface area contributed by atoms with Gasteiger partial charge >= 0.3 is 5.97 Å². The number of Topliss-reactive ketones (excluding diaryl/α,β-unsaturated/α-hetero) is 1. The molecule has 0 aliphatic heterocycles. The van der Waals surface area contributed by atoms with Crippen molar-refractivity contribution in [1.82, 2.24) is 9.55 Å². The number of esters is 1. The van der Waals surface area contributed by atoms with E-state index in [4.69, 9.17) is 14.2 Å². The van der Waals surface area contributed by atoms with E-state index in [1.807, 2.05) is 6.92 Å². The predicted molar refractivity (Wildman–Crippen MR) is 140 cm³/mol. The van der Waals surface area contributed by atoms with Crippen LogP contribution in [0.3, 0.4) is 0 Å². The van der Waals surface area contributed by atoms with Crippen LogP contribution in [-0.2, 0) is 25.7 Å². The van der Waals surface area contributed by atoms with E-state index in [-0.39, 0.29) is 41.2 Å². The highest BCUT2D eigenvalue weighted by atomic mass is 16.5. The quantitative estimate of drug-likeness (QED) is 0.309. The molecule has 1 heterocycles. The van der Waals surface area contributed by atoms with Gasteiger partial charge in [-0.1, -0.05) is 33.8 Å². The molecular weight excluding hydrogens is 488 g/mol. The summed E-state index contributed by atoms with van der Waals surface area (Å²) in [7, 11) is 1.57. The molecule has 1 N–H and O–H groups in total. The molecular formula is C29H42N2O7. The van der Waals surface area contributed by atoms with E-state index in [9.17, 15) is 19.5 Å². The molecule has 0 amide bonds. The molecule has 1 aromatic heterocycles. The average Bonchev–Trinajstić information content (AvgIpc) is 3.25. The van der Waals surface area contributed by atoms with Gasteiger partial charge in [-0.15, -0.1) is 6.58 Å². The fourth-order valence-corrected chi connectivity index (χ4v) is 7.67. The van der Waals surface area contributed by atoms with Crippen LogP contribution in [0, 0.1) is 34.0 Å². The molecule has 38 heavy (non-hydrogen) atoms. The number of carbonyl (C=O) groups excluding carboxylic acids is 2. The molecule has 9 heteroatoms. The molecule has 0 radical (unpaired) electrons. The molecule has 2 bridgehead atoms. The number of nitrogens with zero attached hydrogens (tertiary/aromatic N) is 2. The zero-order valence-electron chi connectivity index (χ0n) is 23.3. The Morgan fingerprint density at radius 2 is 2.00 bits per heavy atom. The molecule has 3 aliphatic carbocycles. The molecule has 0 aromatic carbocycles. The first-order valence-corrected chi connectivity index (χ1v) is 13.6. The Hall–Kier alpha value is -2.36. The first-order chi connectivity index (χ1) is 17.9. The zero-order valence-corrected chi connectivity index (χ0v) is 23.3. The highest BCUT2D eigenvalue weighted by Crippen LogP contribution is 2.68. The monoisotopic (exact) mass is 530 g/mol. The van der Waals surface area contributed by atoms with Crippen LogP contribution in [0.1, 0.15) is 70.2 Å². The number of carbonyl (C=O) groups is 2. The van der Waals surface area contributed by atoms with E-state index in [0.717, 1.165) is 19.3 Å². The SMILES string of the molecule is C=C[C@]1(C)C[C@@H](OC(=O)c2cn(COCCOC)cnc2=O)[C@@]2(C)C3C(=O)CCC3(CC[C@H]2C)[C@@H](C)[C@@H]1O. The molecule has 210 valence electrons. The lowest BCUT2D eigenvalue weighted by molar-refractivity contribution is -0.192. The van der Waals surface area contributed by atoms with Crippen molar-refractivity contribution >= 4 is 11.8 Å². The number of ether oxygens (including phenoxy) is 3. The van der Waals surface area contributed by atoms with Gasteiger partial charge in [-0.2, -0.15) is 4.98 Å². The number of aromatic nitrogens is 2. The Kier molecular flexibility index (Phi) is 8.04. The lowest BCUT2D eigenvalue weighted by Crippen LogP contribution is -2.63. The fraction of sp³-hybridized carbons (Fsp3) is 0.724. The Bertz CT molecular complexity index is 1130. The van der Waals surface area contributed by atoms with Gasteiger partial charge < -0.3 is 23.9 Å². The third kappa shape index (κ3) is 4.56. The minimum atomic E-state index is -0.789. The van der Waals surface area contributed by atoms with E-state index in [2.05, 4.69) is 32.3 Å². The summed E-state index contributed by atoms with van der Waals surface area (Å²) in [6.45, 7) is 13.1. The summed E-state index contributed by atoms with van der Waals surface area (Å²) in [5.74, 6) is -0.970. The van der Waals surface area contributed by atoms with Gasteiger partial charge in [-0.05, 0) is 42.9 Å². The van der Waals surface area contributed by atoms with E-state index in [0.29, 0.717) is 26.1 Å². The van der Waals surface area contributed by atoms with Crippen LogP contribution in [0.5, 0.6) is 0 Å². The second-order valence-electron chi connectivity index (χ2n) is 12.1. The Balaban J connectivity index is 1.73. The first kappa shape index (κ1) is 28.6. The van der Waals surface area contributed by atoms with E-state index >= 15 is 0 Å². The highest BCUT2D eigenvalue weighted by molar-refractivity contribution is 5.89. The Labute approximate surface area is 224 Å². The molecule has 9 nitrogen and oxygen atoms in total. The van der Waals surface area contributed by atoms with Crippen molar-refractivity contribution in [1.29, 1.82) is 0 Å². The predicted octanol–water partition coefficient (Wildman–Crippen LogP) is 3.38. The number of ketones is 1. The maximum absolute atomic E-state index is 13.6. The summed E-state index contributed by atoms with van der Waals surface area (Å²) < 4.78 is 18.2. The van der Waals surface area contributed by atoms with Crippen LogP contribution in [-0.4, -0.2) is 58.9 Å². The number of methoxy groups -OCH3 is 1. The van der Waals surface area contributed by atoms with Crippen molar-refractivity contribution < 1.29 is 28.9 Å². The largest absolute Gasteiger partial charge is 0.458 e. The second kappa shape index (κ2) is 10.7. The minimum Gasteiger partial charge on any atom is -0.458 e. The smallest absolute Gasteiger partial charge is 0.345 e. The average molecular weight is 531 g/mol. The van der Waals surface area contributed by atoms with Gasteiger partial charge in [-0.3, -0.25) is 9.59 Å². The molecule has 8 atom stereocenters. The van der Waals surface area contributed by atoms with Crippen LogP contribution >= 0.6 is 0 Å². The topological polar surface area (TPSA) is 117 Å². The van der Waals surface area contributed by atoms with Crippen molar-refractivity contribution in [2.24, 2.45) is 34.0 Å². The summed E-state index contributed by atoms with van der Waals surface area (Å²) in [6, 6.07) is 0. The summed E-state index contributed by atoms with van der Waals surface area (Å²) >= 11 is 0. The van der Waals surface area contributed by atoms with Crippen LogP contribution in [0.25, 0.3) is 0 Å². The van der Waals surface area contributed by atoms with Gasteiger partial charge in [0, 0.05) is 36.5 Å². The van der Waals surface area contributed by atoms with Crippen molar-refractivity contribution in [3.63, 3.8) is 0 Å². The molecule has 2 unspecified atom stereocenters. The van der Waals surface area contributed by atoms with Gasteiger partial charge in [0.2, 0.25) is 0 Å². The zero-order chi connectivity index (χ0) is 27.9. The number of hydrogen-bond acceptors (Lipinski definition) is 8. The summed E-state index contributed by atoms with van der Waals surface area (Å²) in [5.41, 5.74) is -2.67. The maximum atomic E-state index is 13.6. The van der Waals surface area contributed by atoms with Crippen LogP contribution in [0.4, 0.5) is 0 Å². The van der Waals surface area contributed by atoms with Gasteiger partial charge in [0.25, 0.3) is 5.56 Å². The van der Waals surface area contributed by atoms with E-state index < -0.39 is 34.6 Å². The van der Waals surface area contributed by atoms with Gasteiger partial charge in [0.1, 0.15) is 30.5 Å². The molecule has 1 aromatic rings. The fourth-order valence-electron chi connectivity index (χ4n) is 7.67. The number of aliphatic hydroxyl groups is 1. The third-order valence-corrected chi connectivity index (χ3v) is 10.3. The summed E-state index contributed by atoms with van der Waals surface area (Å²) in [5, 5.41) is 11.7. The summed E-state index contributed by atoms with van der Waals surface area (Å²) in [6.07, 6.45) is 6.17. The van der Waals surface area contributed by atoms with Crippen molar-refractivity contribution in [2.75, 3.05) is 20.3 Å². The van der Waals surface area contributed by atoms with Crippen LogP contribution in [0.2, 0.25) is 0 Å². The lowest BCUT2D eigenvalue weighted by Gasteiger charge is -2.61. The van der Waals surface area contributed by atoms with Gasteiger partial charge in [0.05, 0.1) is 19.3 Å². The molecule has 0 saturated heterocycles. The normalized spacial score (nSPS) is 38.7. The molecule has 3 aliphatic rings. The maximum Gasteiger partial charge on any atom is 0.345 e. The lowest BCUT2D eigenvalue weighted by atomic mass is 9.44. The molecule has 4 rings (SSSR count). The van der Waals surface area contributed by atoms with Crippen molar-refractivity contribution in [3.8, 4) is 0 Å². The minimum absolute atomic E-state index is 0.0901. The number of aliphatic hydroxyl groups excluding tert-OH is 1. The Morgan fingerprint density at radius 1 is 1.26 bits per heavy atom. The van der Waals surface area contributed by atoms with Crippen molar-refractivity contribution in [3.05, 3.63) is 41.1 Å². The van der Waals surface area contributed by atoms with E-state index in [1.165, 1.54) is 17.1 Å².